The molecule has 3 aromatic rings. The number of aryl methyl sites for hydroxylation is 1. The van der Waals surface area contributed by atoms with Crippen LogP contribution < -0.4 is 10.1 Å². The SMILES string of the molecule is COc1cnc(Cl)cc1-c1cc(C)ncc1C(=O)Nc1nnc(SC2CCC(O)CC2)s1. The first kappa shape index (κ1) is 22.9. The van der Waals surface area contributed by atoms with Crippen molar-refractivity contribution in [1.82, 2.24) is 20.2 Å². The molecule has 0 saturated heterocycles. The Morgan fingerprint density at radius 3 is 2.72 bits per heavy atom. The van der Waals surface area contributed by atoms with Crippen LogP contribution in [0.5, 0.6) is 5.75 Å². The van der Waals surface area contributed by atoms with Gasteiger partial charge < -0.3 is 9.84 Å². The Kier molecular flexibility index (Phi) is 7.24. The van der Waals surface area contributed by atoms with Crippen LogP contribution in [0.15, 0.2) is 28.9 Å². The maximum Gasteiger partial charge on any atom is 0.259 e. The van der Waals surface area contributed by atoms with Crippen molar-refractivity contribution in [3.8, 4) is 16.9 Å². The molecule has 168 valence electrons. The maximum atomic E-state index is 13.1. The number of pyridine rings is 2. The summed E-state index contributed by atoms with van der Waals surface area (Å²) in [6, 6.07) is 3.47. The van der Waals surface area contributed by atoms with E-state index >= 15 is 0 Å². The Morgan fingerprint density at radius 1 is 1.19 bits per heavy atom. The lowest BCUT2D eigenvalue weighted by Crippen LogP contribution is -2.19. The molecule has 0 atom stereocenters. The van der Waals surface area contributed by atoms with Gasteiger partial charge in [-0.25, -0.2) is 4.98 Å². The summed E-state index contributed by atoms with van der Waals surface area (Å²) in [5, 5.41) is 21.9. The molecule has 32 heavy (non-hydrogen) atoms. The summed E-state index contributed by atoms with van der Waals surface area (Å²) in [6.07, 6.45) is 6.37. The number of ether oxygens (including phenoxy) is 1. The minimum Gasteiger partial charge on any atom is -0.494 e. The molecule has 1 aliphatic rings. The highest BCUT2D eigenvalue weighted by Gasteiger charge is 2.23. The van der Waals surface area contributed by atoms with Crippen LogP contribution in [0, 0.1) is 6.92 Å². The normalized spacial score (nSPS) is 18.4. The Balaban J connectivity index is 1.54. The number of aromatic nitrogens is 4. The second kappa shape index (κ2) is 10.1. The number of rotatable bonds is 6. The average molecular weight is 492 g/mol. The summed E-state index contributed by atoms with van der Waals surface area (Å²) in [5.74, 6) is 0.150. The number of methoxy groups -OCH3 is 1. The molecule has 1 amide bonds. The highest BCUT2D eigenvalue weighted by Crippen LogP contribution is 2.37. The first-order valence-corrected chi connectivity index (χ1v) is 12.2. The molecule has 8 nitrogen and oxygen atoms in total. The summed E-state index contributed by atoms with van der Waals surface area (Å²) >= 11 is 9.09. The summed E-state index contributed by atoms with van der Waals surface area (Å²) in [7, 11) is 1.54. The van der Waals surface area contributed by atoms with E-state index in [2.05, 4.69) is 25.5 Å². The quantitative estimate of drug-likeness (QED) is 0.380. The summed E-state index contributed by atoms with van der Waals surface area (Å²) in [5.41, 5.74) is 2.40. The number of thioether (sulfide) groups is 1. The van der Waals surface area contributed by atoms with Crippen LogP contribution in [0.1, 0.15) is 41.7 Å². The van der Waals surface area contributed by atoms with E-state index < -0.39 is 0 Å². The number of hydrogen-bond acceptors (Lipinski definition) is 9. The van der Waals surface area contributed by atoms with Crippen LogP contribution in [0.25, 0.3) is 11.1 Å². The van der Waals surface area contributed by atoms with Crippen molar-refractivity contribution in [3.63, 3.8) is 0 Å². The highest BCUT2D eigenvalue weighted by molar-refractivity contribution is 8.01. The number of hydrogen-bond donors (Lipinski definition) is 2. The van der Waals surface area contributed by atoms with Gasteiger partial charge in [-0.1, -0.05) is 34.7 Å². The fourth-order valence-corrected chi connectivity index (χ4v) is 5.88. The molecule has 3 heterocycles. The van der Waals surface area contributed by atoms with Gasteiger partial charge in [-0.15, -0.1) is 10.2 Å². The van der Waals surface area contributed by atoms with E-state index in [0.717, 1.165) is 35.7 Å². The van der Waals surface area contributed by atoms with Gasteiger partial charge >= 0.3 is 0 Å². The number of aliphatic hydroxyl groups excluding tert-OH is 1. The predicted octanol–water partition coefficient (Wildman–Crippen LogP) is 4.61. The Hall–Kier alpha value is -2.27. The van der Waals surface area contributed by atoms with E-state index in [1.54, 1.807) is 17.8 Å². The number of nitrogens with one attached hydrogen (secondary N) is 1. The van der Waals surface area contributed by atoms with Crippen molar-refractivity contribution in [1.29, 1.82) is 0 Å². The molecule has 0 spiro atoms. The molecule has 0 radical (unpaired) electrons. The van der Waals surface area contributed by atoms with Gasteiger partial charge in [0.15, 0.2) is 4.34 Å². The van der Waals surface area contributed by atoms with Crippen LogP contribution in [0.2, 0.25) is 5.15 Å². The standard InChI is InChI=1S/C21H22ClN5O3S2/c1-11-7-14(15-8-18(22)24-10-17(15)30-2)16(9-23-11)19(29)25-20-26-27-21(32-20)31-13-5-3-12(28)4-6-13/h7-10,12-13,28H,3-6H2,1-2H3,(H,25,26,29). The molecule has 2 N–H and O–H groups in total. The van der Waals surface area contributed by atoms with Crippen molar-refractivity contribution in [2.45, 2.75) is 48.3 Å². The molecular formula is C21H22ClN5O3S2. The van der Waals surface area contributed by atoms with Crippen molar-refractivity contribution < 1.29 is 14.6 Å². The number of carbonyl (C=O) groups is 1. The average Bonchev–Trinajstić information content (AvgIpc) is 3.21. The lowest BCUT2D eigenvalue weighted by molar-refractivity contribution is 0.102. The second-order valence-electron chi connectivity index (χ2n) is 7.45. The van der Waals surface area contributed by atoms with Gasteiger partial charge in [0.2, 0.25) is 5.13 Å². The third-order valence-corrected chi connectivity index (χ3v) is 7.63. The molecule has 1 aliphatic carbocycles. The number of anilines is 1. The topological polar surface area (TPSA) is 110 Å². The Bertz CT molecular complexity index is 1120. The molecule has 1 saturated carbocycles. The molecule has 0 unspecified atom stereocenters. The number of nitrogens with zero attached hydrogens (tertiary/aromatic N) is 4. The van der Waals surface area contributed by atoms with E-state index in [1.165, 1.54) is 30.8 Å². The van der Waals surface area contributed by atoms with Gasteiger partial charge in [0, 0.05) is 28.3 Å². The third kappa shape index (κ3) is 5.37. The minimum atomic E-state index is -0.351. The van der Waals surface area contributed by atoms with Crippen LogP contribution in [-0.4, -0.2) is 49.6 Å². The number of carbonyl (C=O) groups excluding carboxylic acids is 1. The minimum absolute atomic E-state index is 0.192. The highest BCUT2D eigenvalue weighted by atomic mass is 35.5. The van der Waals surface area contributed by atoms with Gasteiger partial charge in [-0.3, -0.25) is 15.1 Å². The van der Waals surface area contributed by atoms with Crippen LogP contribution in [-0.2, 0) is 0 Å². The summed E-state index contributed by atoms with van der Waals surface area (Å²) < 4.78 is 6.22. The van der Waals surface area contributed by atoms with Crippen LogP contribution in [0.4, 0.5) is 5.13 Å². The second-order valence-corrected chi connectivity index (χ2v) is 10.4. The molecule has 0 bridgehead atoms. The lowest BCUT2D eigenvalue weighted by atomic mass is 9.97. The zero-order valence-electron chi connectivity index (χ0n) is 17.5. The fraction of sp³-hybridized carbons (Fsp3) is 0.381. The summed E-state index contributed by atoms with van der Waals surface area (Å²) in [4.78, 5) is 21.4. The van der Waals surface area contributed by atoms with Gasteiger partial charge in [0.05, 0.1) is 25.0 Å². The number of amides is 1. The fourth-order valence-electron chi connectivity index (χ4n) is 3.53. The zero-order chi connectivity index (χ0) is 22.7. The summed E-state index contributed by atoms with van der Waals surface area (Å²) in [6.45, 7) is 1.85. The van der Waals surface area contributed by atoms with Crippen molar-refractivity contribution in [3.05, 3.63) is 40.9 Å². The number of halogens is 1. The first-order valence-electron chi connectivity index (χ1n) is 10.1. The van der Waals surface area contributed by atoms with Gasteiger partial charge in [0.1, 0.15) is 10.9 Å². The van der Waals surface area contributed by atoms with E-state index in [4.69, 9.17) is 16.3 Å². The van der Waals surface area contributed by atoms with E-state index in [9.17, 15) is 9.90 Å². The largest absolute Gasteiger partial charge is 0.494 e. The van der Waals surface area contributed by atoms with Gasteiger partial charge in [-0.2, -0.15) is 0 Å². The van der Waals surface area contributed by atoms with Crippen molar-refractivity contribution in [2.24, 2.45) is 0 Å². The molecule has 1 fully saturated rings. The predicted molar refractivity (Wildman–Crippen MR) is 126 cm³/mol. The molecule has 3 aromatic heterocycles. The van der Waals surface area contributed by atoms with Crippen LogP contribution >= 0.6 is 34.7 Å². The Morgan fingerprint density at radius 2 is 1.97 bits per heavy atom. The first-order chi connectivity index (χ1) is 15.4. The smallest absolute Gasteiger partial charge is 0.259 e. The van der Waals surface area contributed by atoms with Crippen LogP contribution in [0.3, 0.4) is 0 Å². The van der Waals surface area contributed by atoms with Gasteiger partial charge in [-0.05, 0) is 44.7 Å². The van der Waals surface area contributed by atoms with Crippen molar-refractivity contribution in [2.75, 3.05) is 12.4 Å². The molecule has 11 heteroatoms. The van der Waals surface area contributed by atoms with Gasteiger partial charge in [0.25, 0.3) is 5.91 Å². The molecule has 0 aliphatic heterocycles. The monoisotopic (exact) mass is 491 g/mol. The molecule has 4 rings (SSSR count). The van der Waals surface area contributed by atoms with E-state index in [-0.39, 0.29) is 12.0 Å². The lowest BCUT2D eigenvalue weighted by Gasteiger charge is -2.23. The van der Waals surface area contributed by atoms with E-state index in [1.807, 2.05) is 13.0 Å². The van der Waals surface area contributed by atoms with E-state index in [0.29, 0.717) is 38.0 Å². The van der Waals surface area contributed by atoms with Crippen molar-refractivity contribution >= 4 is 45.7 Å². The molecular weight excluding hydrogens is 470 g/mol. The third-order valence-electron chi connectivity index (χ3n) is 5.17. The Labute approximate surface area is 198 Å². The maximum absolute atomic E-state index is 13.1. The molecule has 0 aromatic carbocycles. The zero-order valence-corrected chi connectivity index (χ0v) is 19.9. The number of aliphatic hydroxyl groups is 1.